The van der Waals surface area contributed by atoms with Gasteiger partial charge in [0.1, 0.15) is 6.04 Å². The van der Waals surface area contributed by atoms with Gasteiger partial charge >= 0.3 is 0 Å². The smallest absolute Gasteiger partial charge is 0.247 e. The van der Waals surface area contributed by atoms with Gasteiger partial charge in [-0.15, -0.1) is 24.9 Å². The van der Waals surface area contributed by atoms with Crippen LogP contribution in [0.4, 0.5) is 0 Å². The molecular formula is C24H37N3O4S. The van der Waals surface area contributed by atoms with Gasteiger partial charge in [0, 0.05) is 45.1 Å². The standard InChI is InChI=1S/C24H37N3O4S/c1-5-8-14-26(13-7-3)23(31)20-24-11-10-17(32-24)18(21(29)25(4)12-6-2)19(24)22(30)27(20)15-9-16-28/h6-7,17-20,28H,2-3,5,8-16H2,1,4H3/t17-,18+,19-,20?,24?/m0/s1. The van der Waals surface area contributed by atoms with E-state index < -0.39 is 22.6 Å². The van der Waals surface area contributed by atoms with Crippen LogP contribution in [-0.2, 0) is 14.4 Å². The molecule has 0 aliphatic carbocycles. The number of hydrogen-bond acceptors (Lipinski definition) is 5. The Morgan fingerprint density at radius 1 is 1.25 bits per heavy atom. The predicted molar refractivity (Wildman–Crippen MR) is 127 cm³/mol. The maximum Gasteiger partial charge on any atom is 0.247 e. The number of carbonyl (C=O) groups excluding carboxylic acids is 3. The van der Waals surface area contributed by atoms with E-state index in [0.29, 0.717) is 32.6 Å². The number of unbranched alkanes of at least 4 members (excludes halogenated alkanes) is 1. The summed E-state index contributed by atoms with van der Waals surface area (Å²) in [7, 11) is 1.75. The zero-order valence-corrected chi connectivity index (χ0v) is 20.2. The fourth-order valence-corrected chi connectivity index (χ4v) is 7.91. The Bertz CT molecular complexity index is 760. The maximum atomic E-state index is 13.9. The highest BCUT2D eigenvalue weighted by molar-refractivity contribution is 8.02. The van der Waals surface area contributed by atoms with Crippen molar-refractivity contribution in [3.05, 3.63) is 25.3 Å². The number of nitrogens with zero attached hydrogens (tertiary/aromatic N) is 3. The lowest BCUT2D eigenvalue weighted by Crippen LogP contribution is -2.55. The van der Waals surface area contributed by atoms with Crippen molar-refractivity contribution in [3.63, 3.8) is 0 Å². The fraction of sp³-hybridized carbons (Fsp3) is 0.708. The lowest BCUT2D eigenvalue weighted by Gasteiger charge is -2.37. The molecule has 0 aromatic heterocycles. The van der Waals surface area contributed by atoms with E-state index in [4.69, 9.17) is 0 Å². The second kappa shape index (κ2) is 10.4. The quantitative estimate of drug-likeness (QED) is 0.447. The van der Waals surface area contributed by atoms with Crippen LogP contribution in [0.3, 0.4) is 0 Å². The first-order valence-electron chi connectivity index (χ1n) is 11.7. The second-order valence-corrected chi connectivity index (χ2v) is 10.7. The Kier molecular flexibility index (Phi) is 8.09. The van der Waals surface area contributed by atoms with Gasteiger partial charge in [0.15, 0.2) is 0 Å². The molecule has 0 aromatic carbocycles. The average Bonchev–Trinajstić information content (AvgIpc) is 3.41. The van der Waals surface area contributed by atoms with Crippen LogP contribution in [0.15, 0.2) is 25.3 Å². The number of hydrogen-bond donors (Lipinski definition) is 1. The van der Waals surface area contributed by atoms with E-state index in [-0.39, 0.29) is 29.6 Å². The molecule has 3 heterocycles. The summed E-state index contributed by atoms with van der Waals surface area (Å²) in [4.78, 5) is 46.1. The van der Waals surface area contributed by atoms with Crippen molar-refractivity contribution >= 4 is 29.5 Å². The monoisotopic (exact) mass is 463 g/mol. The molecule has 7 nitrogen and oxygen atoms in total. The van der Waals surface area contributed by atoms with Crippen LogP contribution >= 0.6 is 11.8 Å². The highest BCUT2D eigenvalue weighted by atomic mass is 32.2. The lowest BCUT2D eigenvalue weighted by atomic mass is 9.70. The Morgan fingerprint density at radius 3 is 2.59 bits per heavy atom. The Labute approximate surface area is 195 Å². The molecule has 178 valence electrons. The van der Waals surface area contributed by atoms with Gasteiger partial charge in [-0.2, -0.15) is 0 Å². The highest BCUT2D eigenvalue weighted by Crippen LogP contribution is 2.66. The largest absolute Gasteiger partial charge is 0.396 e. The van der Waals surface area contributed by atoms with E-state index in [2.05, 4.69) is 20.1 Å². The minimum absolute atomic E-state index is 0.0357. The molecule has 1 N–H and O–H groups in total. The van der Waals surface area contributed by atoms with Crippen LogP contribution in [0, 0.1) is 11.8 Å². The molecule has 2 bridgehead atoms. The van der Waals surface area contributed by atoms with Crippen LogP contribution in [0.2, 0.25) is 0 Å². The number of amides is 3. The third-order valence-corrected chi connectivity index (χ3v) is 9.05. The summed E-state index contributed by atoms with van der Waals surface area (Å²) in [5.41, 5.74) is 0. The minimum atomic E-state index is -0.596. The van der Waals surface area contributed by atoms with Crippen molar-refractivity contribution in [1.82, 2.24) is 14.7 Å². The summed E-state index contributed by atoms with van der Waals surface area (Å²) in [6, 6.07) is -0.596. The third kappa shape index (κ3) is 4.12. The molecule has 0 radical (unpaired) electrons. The summed E-state index contributed by atoms with van der Waals surface area (Å²) < 4.78 is -0.574. The number of thioether (sulfide) groups is 1. The van der Waals surface area contributed by atoms with Gasteiger partial charge in [0.25, 0.3) is 0 Å². The van der Waals surface area contributed by atoms with E-state index in [1.807, 2.05) is 4.90 Å². The number of likely N-dealkylation sites (tertiary alicyclic amines) is 1. The summed E-state index contributed by atoms with van der Waals surface area (Å²) in [5, 5.41) is 9.49. The normalized spacial score (nSPS) is 30.3. The topological polar surface area (TPSA) is 81.2 Å². The van der Waals surface area contributed by atoms with Crippen molar-refractivity contribution in [2.75, 3.05) is 39.8 Å². The molecular weight excluding hydrogens is 426 g/mol. The van der Waals surface area contributed by atoms with Crippen LogP contribution in [-0.4, -0.2) is 93.4 Å². The molecule has 1 spiro atoms. The molecule has 3 fully saturated rings. The van der Waals surface area contributed by atoms with Gasteiger partial charge in [-0.05, 0) is 25.7 Å². The van der Waals surface area contributed by atoms with Gasteiger partial charge < -0.3 is 19.8 Å². The number of aliphatic hydroxyl groups excluding tert-OH is 1. The van der Waals surface area contributed by atoms with Crippen molar-refractivity contribution in [2.45, 2.75) is 55.1 Å². The lowest BCUT2D eigenvalue weighted by molar-refractivity contribution is -0.144. The van der Waals surface area contributed by atoms with Crippen LogP contribution < -0.4 is 0 Å². The fourth-order valence-electron chi connectivity index (χ4n) is 5.70. The first kappa shape index (κ1) is 24.8. The first-order valence-corrected chi connectivity index (χ1v) is 12.6. The molecule has 8 heteroatoms. The molecule has 3 aliphatic rings. The molecule has 3 amide bonds. The molecule has 3 aliphatic heterocycles. The molecule has 5 atom stereocenters. The Morgan fingerprint density at radius 2 is 1.97 bits per heavy atom. The maximum absolute atomic E-state index is 13.9. The summed E-state index contributed by atoms with van der Waals surface area (Å²) in [5.74, 6) is -1.09. The summed E-state index contributed by atoms with van der Waals surface area (Å²) in [6.07, 6.45) is 7.28. The second-order valence-electron chi connectivity index (χ2n) is 9.10. The molecule has 0 saturated carbocycles. The molecule has 32 heavy (non-hydrogen) atoms. The van der Waals surface area contributed by atoms with Gasteiger partial charge in [-0.25, -0.2) is 0 Å². The van der Waals surface area contributed by atoms with E-state index in [1.54, 1.807) is 40.8 Å². The Hall–Kier alpha value is -1.80. The summed E-state index contributed by atoms with van der Waals surface area (Å²) >= 11 is 1.69. The Balaban J connectivity index is 1.98. The predicted octanol–water partition coefficient (Wildman–Crippen LogP) is 1.92. The van der Waals surface area contributed by atoms with Crippen molar-refractivity contribution in [3.8, 4) is 0 Å². The average molecular weight is 464 g/mol. The van der Waals surface area contributed by atoms with Crippen LogP contribution in [0.1, 0.15) is 39.0 Å². The minimum Gasteiger partial charge on any atom is -0.396 e. The van der Waals surface area contributed by atoms with Gasteiger partial charge in [0.05, 0.1) is 16.6 Å². The van der Waals surface area contributed by atoms with E-state index in [9.17, 15) is 19.5 Å². The number of fused-ring (bicyclic) bond motifs is 1. The zero-order chi connectivity index (χ0) is 23.5. The molecule has 0 aromatic rings. The molecule has 3 rings (SSSR count). The van der Waals surface area contributed by atoms with Gasteiger partial charge in [0.2, 0.25) is 17.7 Å². The number of likely N-dealkylation sites (N-methyl/N-ethyl adjacent to an activating group) is 1. The van der Waals surface area contributed by atoms with Crippen molar-refractivity contribution in [2.24, 2.45) is 11.8 Å². The molecule has 2 unspecified atom stereocenters. The van der Waals surface area contributed by atoms with E-state index in [0.717, 1.165) is 25.7 Å². The van der Waals surface area contributed by atoms with Crippen LogP contribution in [0.5, 0.6) is 0 Å². The van der Waals surface area contributed by atoms with Gasteiger partial charge in [-0.3, -0.25) is 14.4 Å². The van der Waals surface area contributed by atoms with E-state index >= 15 is 0 Å². The number of rotatable bonds is 12. The SMILES string of the molecule is C=CCN(C)C(=O)[C@@H]1[C@@H]2CCC3(S2)C(C(=O)N(CC=C)CCCC)N(CCCO)C(=O)[C@H]13. The van der Waals surface area contributed by atoms with Crippen LogP contribution in [0.25, 0.3) is 0 Å². The van der Waals surface area contributed by atoms with Gasteiger partial charge in [-0.1, -0.05) is 25.5 Å². The third-order valence-electron chi connectivity index (χ3n) is 7.10. The molecule has 3 saturated heterocycles. The zero-order valence-electron chi connectivity index (χ0n) is 19.4. The first-order chi connectivity index (χ1) is 15.4. The van der Waals surface area contributed by atoms with E-state index in [1.165, 1.54) is 0 Å². The number of aliphatic hydroxyl groups is 1. The summed E-state index contributed by atoms with van der Waals surface area (Å²) in [6.45, 7) is 11.4. The van der Waals surface area contributed by atoms with Crippen molar-refractivity contribution in [1.29, 1.82) is 0 Å². The number of carbonyl (C=O) groups is 3. The highest BCUT2D eigenvalue weighted by Gasteiger charge is 2.73. The van der Waals surface area contributed by atoms with Crippen molar-refractivity contribution < 1.29 is 19.5 Å².